The highest BCUT2D eigenvalue weighted by Crippen LogP contribution is 2.75. The highest BCUT2D eigenvalue weighted by Gasteiger charge is 2.69. The third-order valence-electron chi connectivity index (χ3n) is 16.0. The van der Waals surface area contributed by atoms with Crippen LogP contribution in [-0.2, 0) is 19.1 Å². The molecule has 50 heavy (non-hydrogen) atoms. The summed E-state index contributed by atoms with van der Waals surface area (Å²) < 4.78 is 5.86. The Bertz CT molecular complexity index is 1620. The lowest BCUT2D eigenvalue weighted by atomic mass is 9.33. The summed E-state index contributed by atoms with van der Waals surface area (Å²) in [5, 5.41) is 1.05. The van der Waals surface area contributed by atoms with Crippen LogP contribution in [0.15, 0.2) is 29.8 Å². The van der Waals surface area contributed by atoms with Crippen molar-refractivity contribution in [2.75, 3.05) is 24.5 Å². The van der Waals surface area contributed by atoms with Crippen LogP contribution >= 0.6 is 23.2 Å². The Balaban J connectivity index is 1.20. The van der Waals surface area contributed by atoms with Gasteiger partial charge in [0, 0.05) is 31.3 Å². The molecule has 1 heterocycles. The average molecular weight is 726 g/mol. The molecule has 1 aromatic carbocycles. The first-order valence-electron chi connectivity index (χ1n) is 19.2. The first-order valence-corrected chi connectivity index (χ1v) is 20.0. The van der Waals surface area contributed by atoms with E-state index < -0.39 is 17.6 Å². The van der Waals surface area contributed by atoms with E-state index >= 15 is 0 Å². The Morgan fingerprint density at radius 3 is 2.24 bits per heavy atom. The maximum Gasteiger partial charge on any atom is 0.304 e. The van der Waals surface area contributed by atoms with Gasteiger partial charge in [-0.1, -0.05) is 89.7 Å². The summed E-state index contributed by atoms with van der Waals surface area (Å²) in [5.41, 5.74) is 1.47. The number of halogens is 2. The summed E-state index contributed by atoms with van der Waals surface area (Å²) >= 11 is 13.2. The zero-order valence-electron chi connectivity index (χ0n) is 31.6. The molecular weight excluding hydrogens is 667 g/mol. The van der Waals surface area contributed by atoms with Crippen LogP contribution in [0.3, 0.4) is 0 Å². The standard InChI is InChI=1S/C42H58Cl2N2O4/c1-26(47)50-33-25-45(34-29(43)11-9-12-30(34)44)21-22-46(33)36(49)39(5)18-17-38(4)19-20-41(7)27(28(38)24-39)23-31(48)35-40(6)15-10-14-37(2,3)32(40)13-16-42(35,41)8/h9,11-12,23,28,32-33,35H,10,13-22,24-25H2,1-8H3/t28-,32?,33?,35?,38-,39?,40+,41-,42-/m1/s1. The number of fused-ring (bicyclic) bond motifs is 7. The van der Waals surface area contributed by atoms with Crippen LogP contribution in [0.4, 0.5) is 5.69 Å². The molecule has 8 heteroatoms. The second kappa shape index (κ2) is 12.0. The molecule has 7 rings (SSSR count). The van der Waals surface area contributed by atoms with Gasteiger partial charge in [0.1, 0.15) is 0 Å². The molecule has 1 aliphatic heterocycles. The van der Waals surface area contributed by atoms with Gasteiger partial charge in [-0.25, -0.2) is 0 Å². The minimum Gasteiger partial charge on any atom is -0.440 e. The maximum atomic E-state index is 14.9. The van der Waals surface area contributed by atoms with Crippen LogP contribution in [-0.4, -0.2) is 48.4 Å². The number of piperazine rings is 1. The van der Waals surface area contributed by atoms with Crippen molar-refractivity contribution in [3.05, 3.63) is 39.9 Å². The number of carbonyl (C=O) groups excluding carboxylic acids is 3. The van der Waals surface area contributed by atoms with Gasteiger partial charge in [-0.05, 0) is 115 Å². The van der Waals surface area contributed by atoms with E-state index in [-0.39, 0.29) is 44.8 Å². The zero-order chi connectivity index (χ0) is 36.2. The van der Waals surface area contributed by atoms with Crippen LogP contribution in [0, 0.1) is 50.2 Å². The number of allylic oxidation sites excluding steroid dienone is 2. The van der Waals surface area contributed by atoms with Crippen molar-refractivity contribution in [1.29, 1.82) is 0 Å². The van der Waals surface area contributed by atoms with E-state index in [4.69, 9.17) is 27.9 Å². The van der Waals surface area contributed by atoms with Crippen molar-refractivity contribution in [2.24, 2.45) is 50.2 Å². The van der Waals surface area contributed by atoms with Crippen LogP contribution in [0.1, 0.15) is 120 Å². The van der Waals surface area contributed by atoms with Gasteiger partial charge in [0.15, 0.2) is 12.0 Å². The highest BCUT2D eigenvalue weighted by atomic mass is 35.5. The maximum absolute atomic E-state index is 14.9. The van der Waals surface area contributed by atoms with Gasteiger partial charge in [0.05, 0.1) is 22.3 Å². The van der Waals surface area contributed by atoms with E-state index in [0.717, 1.165) is 38.5 Å². The molecule has 0 spiro atoms. The number of rotatable bonds is 3. The molecule has 9 atom stereocenters. The molecule has 4 saturated carbocycles. The molecule has 0 bridgehead atoms. The van der Waals surface area contributed by atoms with Gasteiger partial charge >= 0.3 is 5.97 Å². The van der Waals surface area contributed by atoms with Gasteiger partial charge in [0.25, 0.3) is 0 Å². The average Bonchev–Trinajstić information content (AvgIpc) is 3.02. The number of carbonyl (C=O) groups is 3. The third-order valence-corrected chi connectivity index (χ3v) is 16.6. The molecule has 1 aromatic rings. The van der Waals surface area contributed by atoms with E-state index in [9.17, 15) is 14.4 Å². The number of hydrogen-bond donors (Lipinski definition) is 0. The summed E-state index contributed by atoms with van der Waals surface area (Å²) in [4.78, 5) is 45.8. The molecule has 6 aliphatic rings. The lowest BCUT2D eigenvalue weighted by Gasteiger charge is -2.70. The number of nitrogens with zero attached hydrogens (tertiary/aromatic N) is 2. The number of ether oxygens (including phenoxy) is 1. The van der Waals surface area contributed by atoms with Crippen molar-refractivity contribution >= 4 is 46.5 Å². The molecule has 6 nitrogen and oxygen atoms in total. The van der Waals surface area contributed by atoms with Gasteiger partial charge in [-0.3, -0.25) is 14.4 Å². The molecule has 4 unspecified atom stereocenters. The molecule has 5 fully saturated rings. The first kappa shape index (κ1) is 36.3. The monoisotopic (exact) mass is 724 g/mol. The van der Waals surface area contributed by atoms with Gasteiger partial charge < -0.3 is 14.5 Å². The van der Waals surface area contributed by atoms with Gasteiger partial charge in [-0.15, -0.1) is 0 Å². The number of para-hydroxylation sites is 1. The van der Waals surface area contributed by atoms with E-state index in [1.807, 2.05) is 11.0 Å². The lowest BCUT2D eigenvalue weighted by Crippen LogP contribution is -2.65. The first-order chi connectivity index (χ1) is 23.3. The SMILES string of the molecule is CC(=O)OC1CN(c2c(Cl)cccc2Cl)CCN1C(=O)C1(C)CC[C@]2(C)CC[C@]3(C)C(=CC(=O)C4[C@@]5(C)CCCC(C)(C)C5CC[C@]43C)[C@H]2C1. The number of ketones is 1. The van der Waals surface area contributed by atoms with Crippen LogP contribution in [0.2, 0.25) is 10.0 Å². The minimum atomic E-state index is -0.756. The summed E-state index contributed by atoms with van der Waals surface area (Å²) in [6.07, 6.45) is 11.8. The topological polar surface area (TPSA) is 66.9 Å². The lowest BCUT2D eigenvalue weighted by molar-refractivity contribution is -0.186. The Morgan fingerprint density at radius 1 is 0.880 bits per heavy atom. The fourth-order valence-electron chi connectivity index (χ4n) is 13.1. The summed E-state index contributed by atoms with van der Waals surface area (Å²) in [5.74, 6) is 0.699. The number of esters is 1. The number of hydrogen-bond acceptors (Lipinski definition) is 5. The fraction of sp³-hybridized carbons (Fsp3) is 0.738. The smallest absolute Gasteiger partial charge is 0.304 e. The minimum absolute atomic E-state index is 0.0107. The van der Waals surface area contributed by atoms with Crippen LogP contribution in [0.25, 0.3) is 0 Å². The van der Waals surface area contributed by atoms with E-state index in [0.29, 0.717) is 53.5 Å². The zero-order valence-corrected chi connectivity index (χ0v) is 33.1. The second-order valence-corrected chi connectivity index (χ2v) is 20.0. The Kier molecular flexibility index (Phi) is 8.70. The quantitative estimate of drug-likeness (QED) is 0.291. The molecular formula is C42H58Cl2N2O4. The normalized spacial score (nSPS) is 42.4. The van der Waals surface area contributed by atoms with Crippen LogP contribution in [0.5, 0.6) is 0 Å². The molecule has 5 aliphatic carbocycles. The largest absolute Gasteiger partial charge is 0.440 e. The number of anilines is 1. The van der Waals surface area contributed by atoms with Gasteiger partial charge in [-0.2, -0.15) is 0 Å². The number of amides is 1. The van der Waals surface area contributed by atoms with Crippen molar-refractivity contribution in [1.82, 2.24) is 4.90 Å². The van der Waals surface area contributed by atoms with Crippen molar-refractivity contribution in [3.8, 4) is 0 Å². The van der Waals surface area contributed by atoms with Gasteiger partial charge in [0.2, 0.25) is 5.91 Å². The second-order valence-electron chi connectivity index (χ2n) is 19.2. The number of benzene rings is 1. The van der Waals surface area contributed by atoms with E-state index in [1.165, 1.54) is 31.8 Å². The molecule has 274 valence electrons. The Labute approximate surface area is 310 Å². The molecule has 0 radical (unpaired) electrons. The summed E-state index contributed by atoms with van der Waals surface area (Å²) in [6.45, 7) is 19.4. The summed E-state index contributed by atoms with van der Waals surface area (Å²) in [7, 11) is 0. The predicted octanol–water partition coefficient (Wildman–Crippen LogP) is 9.90. The molecule has 0 N–H and O–H groups in total. The Morgan fingerprint density at radius 2 is 1.56 bits per heavy atom. The van der Waals surface area contributed by atoms with E-state index in [2.05, 4.69) is 54.5 Å². The third kappa shape index (κ3) is 5.25. The highest BCUT2D eigenvalue weighted by molar-refractivity contribution is 6.39. The van der Waals surface area contributed by atoms with Crippen molar-refractivity contribution in [2.45, 2.75) is 126 Å². The Hall–Kier alpha value is -2.05. The van der Waals surface area contributed by atoms with E-state index in [1.54, 1.807) is 17.0 Å². The molecule has 1 amide bonds. The molecule has 1 saturated heterocycles. The van der Waals surface area contributed by atoms with Crippen molar-refractivity contribution in [3.63, 3.8) is 0 Å². The van der Waals surface area contributed by atoms with Crippen LogP contribution < -0.4 is 4.90 Å². The predicted molar refractivity (Wildman–Crippen MR) is 200 cm³/mol. The van der Waals surface area contributed by atoms with Crippen molar-refractivity contribution < 1.29 is 19.1 Å². The fourth-order valence-corrected chi connectivity index (χ4v) is 13.7. The molecule has 0 aromatic heterocycles. The summed E-state index contributed by atoms with van der Waals surface area (Å²) in [6, 6.07) is 5.41.